The standard InChI is InChI=1S/C8H14F3NO5S/c1-2-17-6-3-7(14)12(4-5-13)18(15,16)8(9,10)11/h13H,2-6H2,1H3. The Balaban J connectivity index is 4.92. The van der Waals surface area contributed by atoms with Gasteiger partial charge in [-0.3, -0.25) is 4.79 Å². The highest BCUT2D eigenvalue weighted by Crippen LogP contribution is 2.27. The molecule has 0 aliphatic rings. The second-order valence-corrected chi connectivity index (χ2v) is 4.94. The molecule has 0 aromatic rings. The minimum absolute atomic E-state index is 0.190. The number of amides is 1. The molecule has 108 valence electrons. The van der Waals surface area contributed by atoms with Gasteiger partial charge in [-0.25, -0.2) is 4.31 Å². The third-order valence-corrected chi connectivity index (χ3v) is 3.38. The summed E-state index contributed by atoms with van der Waals surface area (Å²) in [6, 6.07) is 0. The predicted molar refractivity (Wildman–Crippen MR) is 54.9 cm³/mol. The van der Waals surface area contributed by atoms with Gasteiger partial charge in [-0.1, -0.05) is 0 Å². The molecular formula is C8H14F3NO5S. The number of halogens is 3. The molecule has 0 saturated carbocycles. The minimum atomic E-state index is -5.77. The number of ether oxygens (including phenoxy) is 1. The Morgan fingerprint density at radius 3 is 2.33 bits per heavy atom. The summed E-state index contributed by atoms with van der Waals surface area (Å²) in [4.78, 5) is 11.4. The van der Waals surface area contributed by atoms with E-state index in [1.54, 1.807) is 6.92 Å². The molecule has 0 unspecified atom stereocenters. The monoisotopic (exact) mass is 293 g/mol. The smallest absolute Gasteiger partial charge is 0.394 e. The van der Waals surface area contributed by atoms with E-state index in [9.17, 15) is 26.4 Å². The number of sulfonamides is 1. The molecule has 0 aromatic heterocycles. The molecule has 0 atom stereocenters. The zero-order valence-corrected chi connectivity index (χ0v) is 10.4. The lowest BCUT2D eigenvalue weighted by molar-refractivity contribution is -0.129. The van der Waals surface area contributed by atoms with Crippen LogP contribution in [0.25, 0.3) is 0 Å². The summed E-state index contributed by atoms with van der Waals surface area (Å²) in [6.45, 7) is -0.158. The Morgan fingerprint density at radius 2 is 1.94 bits per heavy atom. The third-order valence-electron chi connectivity index (χ3n) is 1.83. The van der Waals surface area contributed by atoms with Crippen molar-refractivity contribution in [2.45, 2.75) is 18.9 Å². The lowest BCUT2D eigenvalue weighted by atomic mass is 10.4. The molecule has 18 heavy (non-hydrogen) atoms. The van der Waals surface area contributed by atoms with Crippen LogP contribution in [0, 0.1) is 0 Å². The fourth-order valence-corrected chi connectivity index (χ4v) is 1.95. The van der Waals surface area contributed by atoms with Crippen molar-refractivity contribution in [1.29, 1.82) is 0 Å². The predicted octanol–water partition coefficient (Wildman–Crippen LogP) is 0.0835. The molecule has 0 radical (unpaired) electrons. The lowest BCUT2D eigenvalue weighted by Crippen LogP contribution is -2.46. The summed E-state index contributed by atoms with van der Waals surface area (Å²) in [5.41, 5.74) is -5.58. The molecule has 10 heteroatoms. The van der Waals surface area contributed by atoms with Gasteiger partial charge in [-0.15, -0.1) is 0 Å². The summed E-state index contributed by atoms with van der Waals surface area (Å²) < 4.78 is 63.2. The van der Waals surface area contributed by atoms with Crippen molar-refractivity contribution in [3.63, 3.8) is 0 Å². The largest absolute Gasteiger partial charge is 0.516 e. The van der Waals surface area contributed by atoms with Crippen molar-refractivity contribution in [2.24, 2.45) is 0 Å². The lowest BCUT2D eigenvalue weighted by Gasteiger charge is -2.22. The molecule has 6 nitrogen and oxygen atoms in total. The first-order chi connectivity index (χ1) is 8.18. The summed E-state index contributed by atoms with van der Waals surface area (Å²) in [5.74, 6) is -1.27. The van der Waals surface area contributed by atoms with Crippen molar-refractivity contribution in [1.82, 2.24) is 4.31 Å². The van der Waals surface area contributed by atoms with Crippen LogP contribution in [0.5, 0.6) is 0 Å². The van der Waals surface area contributed by atoms with E-state index < -0.39 is 41.0 Å². The molecule has 0 bridgehead atoms. The van der Waals surface area contributed by atoms with Crippen LogP contribution in [0.4, 0.5) is 13.2 Å². The number of hydrogen-bond donors (Lipinski definition) is 1. The molecule has 0 rings (SSSR count). The number of rotatable bonds is 7. The van der Waals surface area contributed by atoms with E-state index in [2.05, 4.69) is 0 Å². The zero-order valence-electron chi connectivity index (χ0n) is 9.61. The zero-order chi connectivity index (χ0) is 14.4. The van der Waals surface area contributed by atoms with Crippen LogP contribution < -0.4 is 0 Å². The number of aliphatic hydroxyl groups excluding tert-OH is 1. The number of carbonyl (C=O) groups excluding carboxylic acids is 1. The van der Waals surface area contributed by atoms with E-state index in [1.807, 2.05) is 0 Å². The van der Waals surface area contributed by atoms with E-state index in [-0.39, 0.29) is 17.5 Å². The Kier molecular flexibility index (Phi) is 6.57. The van der Waals surface area contributed by atoms with Gasteiger partial charge in [-0.05, 0) is 6.92 Å². The van der Waals surface area contributed by atoms with Crippen LogP contribution in [0.2, 0.25) is 0 Å². The summed E-state index contributed by atoms with van der Waals surface area (Å²) in [7, 11) is -5.77. The van der Waals surface area contributed by atoms with Crippen molar-refractivity contribution < 1.29 is 36.2 Å². The molecule has 1 amide bonds. The number of nitrogens with zero attached hydrogens (tertiary/aromatic N) is 1. The van der Waals surface area contributed by atoms with Gasteiger partial charge in [0.1, 0.15) is 0 Å². The van der Waals surface area contributed by atoms with Gasteiger partial charge in [-0.2, -0.15) is 21.6 Å². The number of carbonyl (C=O) groups is 1. The number of hydrogen-bond acceptors (Lipinski definition) is 5. The van der Waals surface area contributed by atoms with Crippen molar-refractivity contribution in [3.8, 4) is 0 Å². The fourth-order valence-electron chi connectivity index (χ4n) is 1.02. The van der Waals surface area contributed by atoms with Gasteiger partial charge in [0, 0.05) is 6.61 Å². The Bertz CT molecular complexity index is 367. The normalized spacial score (nSPS) is 12.5. The van der Waals surface area contributed by atoms with Crippen LogP contribution >= 0.6 is 0 Å². The Hall–Kier alpha value is -0.870. The van der Waals surface area contributed by atoms with E-state index in [1.165, 1.54) is 0 Å². The first-order valence-corrected chi connectivity index (χ1v) is 6.43. The molecule has 0 aliphatic heterocycles. The topological polar surface area (TPSA) is 83.9 Å². The average Bonchev–Trinajstić information content (AvgIpc) is 2.24. The van der Waals surface area contributed by atoms with Crippen LogP contribution in [-0.2, 0) is 19.6 Å². The summed E-state index contributed by atoms with van der Waals surface area (Å²) in [5, 5.41) is 8.53. The highest BCUT2D eigenvalue weighted by Gasteiger charge is 2.51. The Labute approximate surface area is 102 Å². The molecule has 0 aliphatic carbocycles. The van der Waals surface area contributed by atoms with Gasteiger partial charge in [0.25, 0.3) is 0 Å². The first-order valence-electron chi connectivity index (χ1n) is 4.99. The molecule has 0 heterocycles. The molecular weight excluding hydrogens is 279 g/mol. The maximum Gasteiger partial charge on any atom is 0.516 e. The second-order valence-electron chi connectivity index (χ2n) is 3.09. The molecule has 0 aromatic carbocycles. The fraction of sp³-hybridized carbons (Fsp3) is 0.875. The van der Waals surface area contributed by atoms with Crippen LogP contribution in [-0.4, -0.2) is 55.6 Å². The van der Waals surface area contributed by atoms with Gasteiger partial charge in [0.15, 0.2) is 0 Å². The van der Waals surface area contributed by atoms with Gasteiger partial charge < -0.3 is 9.84 Å². The molecule has 0 fully saturated rings. The maximum absolute atomic E-state index is 12.3. The van der Waals surface area contributed by atoms with Gasteiger partial charge >= 0.3 is 15.5 Å². The quantitative estimate of drug-likeness (QED) is 0.672. The molecule has 0 saturated heterocycles. The van der Waals surface area contributed by atoms with E-state index >= 15 is 0 Å². The SMILES string of the molecule is CCOCCC(=O)N(CCO)S(=O)(=O)C(F)(F)F. The minimum Gasteiger partial charge on any atom is -0.394 e. The van der Waals surface area contributed by atoms with Crippen LogP contribution in [0.3, 0.4) is 0 Å². The summed E-state index contributed by atoms with van der Waals surface area (Å²) >= 11 is 0. The summed E-state index contributed by atoms with van der Waals surface area (Å²) in [6.07, 6.45) is -0.511. The highest BCUT2D eigenvalue weighted by molar-refractivity contribution is 7.90. The second kappa shape index (κ2) is 6.90. The Morgan fingerprint density at radius 1 is 1.39 bits per heavy atom. The van der Waals surface area contributed by atoms with Crippen LogP contribution in [0.15, 0.2) is 0 Å². The van der Waals surface area contributed by atoms with Crippen molar-refractivity contribution >= 4 is 15.9 Å². The van der Waals surface area contributed by atoms with E-state index in [0.29, 0.717) is 0 Å². The number of aliphatic hydroxyl groups is 1. The number of alkyl halides is 3. The average molecular weight is 293 g/mol. The van der Waals surface area contributed by atoms with Gasteiger partial charge in [0.2, 0.25) is 5.91 Å². The first kappa shape index (κ1) is 17.1. The highest BCUT2D eigenvalue weighted by atomic mass is 32.2. The van der Waals surface area contributed by atoms with E-state index in [4.69, 9.17) is 9.84 Å². The van der Waals surface area contributed by atoms with Gasteiger partial charge in [0.05, 0.1) is 26.2 Å². The van der Waals surface area contributed by atoms with E-state index in [0.717, 1.165) is 0 Å². The van der Waals surface area contributed by atoms with Crippen molar-refractivity contribution in [3.05, 3.63) is 0 Å². The third kappa shape index (κ3) is 4.42. The van der Waals surface area contributed by atoms with Crippen LogP contribution in [0.1, 0.15) is 13.3 Å². The maximum atomic E-state index is 12.3. The molecule has 0 spiro atoms. The molecule has 1 N–H and O–H groups in total. The van der Waals surface area contributed by atoms with Crippen molar-refractivity contribution in [2.75, 3.05) is 26.4 Å².